The summed E-state index contributed by atoms with van der Waals surface area (Å²) in [5, 5.41) is 0. The quantitative estimate of drug-likeness (QED) is 0.469. The van der Waals surface area contributed by atoms with Crippen LogP contribution in [0.5, 0.6) is 0 Å². The summed E-state index contributed by atoms with van der Waals surface area (Å²) >= 11 is 0. The highest BCUT2D eigenvalue weighted by Gasteiger charge is 2.30. The molecule has 1 unspecified atom stereocenters. The Morgan fingerprint density at radius 1 is 0.846 bits per heavy atom. The van der Waals surface area contributed by atoms with Gasteiger partial charge in [-0.25, -0.2) is 13.2 Å². The van der Waals surface area contributed by atoms with Gasteiger partial charge in [0.15, 0.2) is 11.6 Å². The molecule has 0 radical (unpaired) electrons. The lowest BCUT2D eigenvalue weighted by atomic mass is 9.97. The van der Waals surface area contributed by atoms with Crippen LogP contribution in [0.1, 0.15) is 22.0 Å². The summed E-state index contributed by atoms with van der Waals surface area (Å²) in [6, 6.07) is 13.7. The van der Waals surface area contributed by atoms with Crippen molar-refractivity contribution < 1.29 is 22.7 Å². The number of epoxide rings is 1. The van der Waals surface area contributed by atoms with Gasteiger partial charge in [-0.1, -0.05) is 48.5 Å². The Labute approximate surface area is 147 Å². The summed E-state index contributed by atoms with van der Waals surface area (Å²) in [4.78, 5) is 10.7. The normalized spacial score (nSPS) is 15.7. The third-order valence-corrected chi connectivity index (χ3v) is 4.43. The van der Waals surface area contributed by atoms with Gasteiger partial charge < -0.3 is 4.74 Å². The zero-order valence-corrected chi connectivity index (χ0v) is 13.5. The van der Waals surface area contributed by atoms with Crippen LogP contribution in [0.2, 0.25) is 0 Å². The Balaban J connectivity index is 1.68. The number of aldehydes is 1. The molecule has 3 aromatic rings. The fraction of sp³-hybridized carbons (Fsp3) is 0.0952. The van der Waals surface area contributed by atoms with Gasteiger partial charge in [-0.3, -0.25) is 4.79 Å². The maximum atomic E-state index is 14.4. The van der Waals surface area contributed by atoms with Crippen LogP contribution < -0.4 is 0 Å². The molecule has 4 rings (SSSR count). The minimum atomic E-state index is -0.924. The molecule has 0 spiro atoms. The van der Waals surface area contributed by atoms with Crippen LogP contribution in [-0.4, -0.2) is 12.9 Å². The highest BCUT2D eigenvalue weighted by Crippen LogP contribution is 2.36. The molecule has 1 atom stereocenters. The van der Waals surface area contributed by atoms with Crippen LogP contribution in [0.3, 0.4) is 0 Å². The van der Waals surface area contributed by atoms with Crippen LogP contribution in [0, 0.1) is 17.5 Å². The van der Waals surface area contributed by atoms with Gasteiger partial charge in [-0.05, 0) is 17.2 Å². The van der Waals surface area contributed by atoms with E-state index in [-0.39, 0.29) is 22.8 Å². The van der Waals surface area contributed by atoms with E-state index in [2.05, 4.69) is 0 Å². The van der Waals surface area contributed by atoms with Crippen LogP contribution in [0.15, 0.2) is 54.6 Å². The Morgan fingerprint density at radius 2 is 1.46 bits per heavy atom. The van der Waals surface area contributed by atoms with Gasteiger partial charge >= 0.3 is 0 Å². The van der Waals surface area contributed by atoms with E-state index in [9.17, 15) is 18.0 Å². The molecule has 0 amide bonds. The third-order valence-electron chi connectivity index (χ3n) is 4.43. The third kappa shape index (κ3) is 2.91. The number of hydrogen-bond donors (Lipinski definition) is 0. The lowest BCUT2D eigenvalue weighted by molar-refractivity contribution is 0.112. The number of ether oxygens (including phenoxy) is 1. The summed E-state index contributed by atoms with van der Waals surface area (Å²) in [5.41, 5.74) is 2.00. The Bertz CT molecular complexity index is 993. The standard InChI is InChI=1S/C21H13F3O2/c22-18-9-12(10-25)1-6-15(18)13-2-4-14(5-3-13)16-7-8-17(19-11-26-19)21(24)20(16)23/h1-10,19H,11H2. The van der Waals surface area contributed by atoms with Crippen molar-refractivity contribution in [2.75, 3.05) is 6.61 Å². The topological polar surface area (TPSA) is 29.6 Å². The minimum Gasteiger partial charge on any atom is -0.368 e. The molecule has 0 bridgehead atoms. The van der Waals surface area contributed by atoms with Crippen molar-refractivity contribution >= 4 is 6.29 Å². The minimum absolute atomic E-state index is 0.134. The average Bonchev–Trinajstić information content (AvgIpc) is 3.49. The largest absolute Gasteiger partial charge is 0.368 e. The Kier molecular flexibility index (Phi) is 4.09. The van der Waals surface area contributed by atoms with E-state index in [0.29, 0.717) is 29.6 Å². The molecule has 1 heterocycles. The predicted molar refractivity (Wildman–Crippen MR) is 91.3 cm³/mol. The summed E-state index contributed by atoms with van der Waals surface area (Å²) in [5.74, 6) is -2.34. The second kappa shape index (κ2) is 6.42. The van der Waals surface area contributed by atoms with Gasteiger partial charge in [0.05, 0.1) is 6.61 Å². The Morgan fingerprint density at radius 3 is 2.04 bits per heavy atom. The lowest BCUT2D eigenvalue weighted by Crippen LogP contribution is -1.96. The lowest BCUT2D eigenvalue weighted by Gasteiger charge is -2.09. The fourth-order valence-corrected chi connectivity index (χ4v) is 2.93. The highest BCUT2D eigenvalue weighted by molar-refractivity contribution is 5.78. The van der Waals surface area contributed by atoms with Gasteiger partial charge in [-0.2, -0.15) is 0 Å². The predicted octanol–water partition coefficient (Wildman–Crippen LogP) is 5.32. The van der Waals surface area contributed by atoms with E-state index in [1.165, 1.54) is 24.3 Å². The maximum Gasteiger partial charge on any atom is 0.167 e. The van der Waals surface area contributed by atoms with Crippen molar-refractivity contribution in [1.82, 2.24) is 0 Å². The van der Waals surface area contributed by atoms with E-state index in [1.807, 2.05) is 0 Å². The van der Waals surface area contributed by atoms with Crippen molar-refractivity contribution in [3.63, 3.8) is 0 Å². The molecule has 0 aliphatic carbocycles. The van der Waals surface area contributed by atoms with Crippen molar-refractivity contribution in [3.05, 3.63) is 83.2 Å². The van der Waals surface area contributed by atoms with Crippen molar-refractivity contribution in [1.29, 1.82) is 0 Å². The molecule has 5 heteroatoms. The molecule has 1 aliphatic heterocycles. The first-order valence-electron chi connectivity index (χ1n) is 8.03. The molecule has 0 saturated carbocycles. The number of benzene rings is 3. The second-order valence-corrected chi connectivity index (χ2v) is 6.09. The maximum absolute atomic E-state index is 14.4. The van der Waals surface area contributed by atoms with Crippen LogP contribution in [0.25, 0.3) is 22.3 Å². The van der Waals surface area contributed by atoms with E-state index in [0.717, 1.165) is 6.07 Å². The van der Waals surface area contributed by atoms with E-state index >= 15 is 0 Å². The first kappa shape index (κ1) is 16.5. The molecule has 1 aliphatic rings. The van der Waals surface area contributed by atoms with Crippen LogP contribution >= 0.6 is 0 Å². The molecule has 0 N–H and O–H groups in total. The number of halogens is 3. The summed E-state index contributed by atoms with van der Waals surface area (Å²) in [6.45, 7) is 0.402. The summed E-state index contributed by atoms with van der Waals surface area (Å²) < 4.78 is 47.7. The SMILES string of the molecule is O=Cc1ccc(-c2ccc(-c3ccc(C4CO4)c(F)c3F)cc2)c(F)c1. The van der Waals surface area contributed by atoms with Gasteiger partial charge in [-0.15, -0.1) is 0 Å². The smallest absolute Gasteiger partial charge is 0.167 e. The van der Waals surface area contributed by atoms with Crippen LogP contribution in [-0.2, 0) is 4.74 Å². The first-order chi connectivity index (χ1) is 12.6. The average molecular weight is 354 g/mol. The zero-order valence-electron chi connectivity index (χ0n) is 13.5. The monoisotopic (exact) mass is 354 g/mol. The van der Waals surface area contributed by atoms with Crippen molar-refractivity contribution in [3.8, 4) is 22.3 Å². The molecule has 1 fully saturated rings. The van der Waals surface area contributed by atoms with Gasteiger partial charge in [0.2, 0.25) is 0 Å². The number of carbonyl (C=O) groups is 1. The molecule has 1 saturated heterocycles. The molecule has 26 heavy (non-hydrogen) atoms. The first-order valence-corrected chi connectivity index (χ1v) is 8.03. The number of rotatable bonds is 4. The zero-order chi connectivity index (χ0) is 18.3. The summed E-state index contributed by atoms with van der Waals surface area (Å²) in [7, 11) is 0. The number of hydrogen-bond acceptors (Lipinski definition) is 2. The molecule has 0 aromatic heterocycles. The molecular weight excluding hydrogens is 341 g/mol. The number of carbonyl (C=O) groups excluding carboxylic acids is 1. The highest BCUT2D eigenvalue weighted by atomic mass is 19.2. The Hall–Kier alpha value is -2.92. The van der Waals surface area contributed by atoms with E-state index in [4.69, 9.17) is 4.74 Å². The van der Waals surface area contributed by atoms with Gasteiger partial charge in [0.25, 0.3) is 0 Å². The van der Waals surface area contributed by atoms with Gasteiger partial charge in [0, 0.05) is 22.3 Å². The molecular formula is C21H13F3O2. The molecule has 2 nitrogen and oxygen atoms in total. The van der Waals surface area contributed by atoms with Crippen molar-refractivity contribution in [2.24, 2.45) is 0 Å². The summed E-state index contributed by atoms with van der Waals surface area (Å²) in [6.07, 6.45) is 0.210. The van der Waals surface area contributed by atoms with Gasteiger partial charge in [0.1, 0.15) is 18.2 Å². The molecule has 130 valence electrons. The van der Waals surface area contributed by atoms with Crippen molar-refractivity contribution in [2.45, 2.75) is 6.10 Å². The second-order valence-electron chi connectivity index (χ2n) is 6.09. The van der Waals surface area contributed by atoms with E-state index < -0.39 is 17.5 Å². The fourth-order valence-electron chi connectivity index (χ4n) is 2.93. The van der Waals surface area contributed by atoms with Crippen LogP contribution in [0.4, 0.5) is 13.2 Å². The molecule has 3 aromatic carbocycles. The van der Waals surface area contributed by atoms with E-state index in [1.54, 1.807) is 24.3 Å².